The summed E-state index contributed by atoms with van der Waals surface area (Å²) in [5, 5.41) is 0.912. The van der Waals surface area contributed by atoms with E-state index >= 15 is 0 Å². The Morgan fingerprint density at radius 3 is 3.06 bits per heavy atom. The summed E-state index contributed by atoms with van der Waals surface area (Å²) >= 11 is 3.46. The summed E-state index contributed by atoms with van der Waals surface area (Å²) < 4.78 is 0. The first-order valence-corrected chi connectivity index (χ1v) is 7.07. The first-order chi connectivity index (χ1) is 8.20. The van der Waals surface area contributed by atoms with Crippen molar-refractivity contribution in [2.24, 2.45) is 5.92 Å². The third kappa shape index (κ3) is 3.06. The van der Waals surface area contributed by atoms with Crippen molar-refractivity contribution in [2.45, 2.75) is 25.8 Å². The van der Waals surface area contributed by atoms with Crippen LogP contribution in [0, 0.1) is 5.92 Å². The Labute approximate surface area is 110 Å². The van der Waals surface area contributed by atoms with Gasteiger partial charge in [0.05, 0.1) is 0 Å². The van der Waals surface area contributed by atoms with Crippen LogP contribution in [-0.4, -0.2) is 33.7 Å². The minimum absolute atomic E-state index is 0.260. The van der Waals surface area contributed by atoms with E-state index in [2.05, 4.69) is 33.9 Å². The Morgan fingerprint density at radius 2 is 2.47 bits per heavy atom. The fourth-order valence-electron chi connectivity index (χ4n) is 2.31. The van der Waals surface area contributed by atoms with Crippen LogP contribution in [0.25, 0.3) is 0 Å². The number of amides is 1. The van der Waals surface area contributed by atoms with E-state index in [1.807, 2.05) is 17.2 Å². The molecule has 1 aromatic heterocycles. The molecule has 3 nitrogen and oxygen atoms in total. The Kier molecular flexibility index (Phi) is 4.15. The van der Waals surface area contributed by atoms with Gasteiger partial charge in [-0.05, 0) is 30.9 Å². The van der Waals surface area contributed by atoms with Crippen LogP contribution in [0.4, 0.5) is 0 Å². The highest BCUT2D eigenvalue weighted by molar-refractivity contribution is 9.09. The summed E-state index contributed by atoms with van der Waals surface area (Å²) in [6.45, 7) is 2.99. The summed E-state index contributed by atoms with van der Waals surface area (Å²) in [7, 11) is 0. The molecule has 0 aromatic carbocycles. The number of rotatable bonds is 4. The lowest BCUT2D eigenvalue weighted by Crippen LogP contribution is -2.36. The normalized spacial score (nSPS) is 21.9. The molecule has 0 N–H and O–H groups in total. The van der Waals surface area contributed by atoms with Crippen LogP contribution < -0.4 is 0 Å². The molecule has 1 aliphatic rings. The highest BCUT2D eigenvalue weighted by atomic mass is 79.9. The molecule has 2 atom stereocenters. The van der Waals surface area contributed by atoms with Crippen molar-refractivity contribution in [3.8, 4) is 0 Å². The highest BCUT2D eigenvalue weighted by Gasteiger charge is 2.31. The van der Waals surface area contributed by atoms with E-state index in [1.165, 1.54) is 5.56 Å². The number of hydrogen-bond donors (Lipinski definition) is 0. The number of nitrogens with zero attached hydrogens (tertiary/aromatic N) is 2. The van der Waals surface area contributed by atoms with Gasteiger partial charge in [0, 0.05) is 36.7 Å². The number of alkyl halides is 1. The molecule has 0 saturated carbocycles. The number of likely N-dealkylation sites (tertiary alicyclic amines) is 1. The van der Waals surface area contributed by atoms with E-state index in [0.29, 0.717) is 12.3 Å². The van der Waals surface area contributed by atoms with Crippen molar-refractivity contribution < 1.29 is 4.79 Å². The fourth-order valence-corrected chi connectivity index (χ4v) is 2.74. The van der Waals surface area contributed by atoms with E-state index in [4.69, 9.17) is 0 Å². The zero-order chi connectivity index (χ0) is 12.3. The van der Waals surface area contributed by atoms with Gasteiger partial charge in [-0.25, -0.2) is 0 Å². The summed E-state index contributed by atoms with van der Waals surface area (Å²) in [5.41, 5.74) is 1.19. The van der Waals surface area contributed by atoms with E-state index in [0.717, 1.165) is 18.3 Å². The van der Waals surface area contributed by atoms with Crippen molar-refractivity contribution in [2.75, 3.05) is 11.9 Å². The molecule has 0 bridgehead atoms. The van der Waals surface area contributed by atoms with Gasteiger partial charge in [-0.2, -0.15) is 0 Å². The van der Waals surface area contributed by atoms with Crippen LogP contribution in [0.1, 0.15) is 18.9 Å². The maximum Gasteiger partial charge on any atom is 0.223 e. The van der Waals surface area contributed by atoms with E-state index in [-0.39, 0.29) is 11.9 Å². The van der Waals surface area contributed by atoms with Crippen LogP contribution in [0.15, 0.2) is 24.5 Å². The van der Waals surface area contributed by atoms with Gasteiger partial charge in [0.25, 0.3) is 0 Å². The van der Waals surface area contributed by atoms with Gasteiger partial charge in [0.2, 0.25) is 5.91 Å². The lowest BCUT2D eigenvalue weighted by atomic mass is 10.1. The van der Waals surface area contributed by atoms with Crippen molar-refractivity contribution >= 4 is 21.8 Å². The smallest absolute Gasteiger partial charge is 0.223 e. The number of pyridine rings is 1. The predicted molar refractivity (Wildman–Crippen MR) is 71.0 cm³/mol. The Bertz CT molecular complexity index is 382. The maximum absolute atomic E-state index is 11.9. The molecule has 1 aromatic rings. The van der Waals surface area contributed by atoms with Gasteiger partial charge in [0.15, 0.2) is 0 Å². The first-order valence-electron chi connectivity index (χ1n) is 5.95. The number of aromatic nitrogens is 1. The van der Waals surface area contributed by atoms with Crippen molar-refractivity contribution in [3.63, 3.8) is 0 Å². The molecular formula is C13H17BrN2O. The van der Waals surface area contributed by atoms with Crippen LogP contribution in [0.5, 0.6) is 0 Å². The molecule has 1 amide bonds. The van der Waals surface area contributed by atoms with Crippen LogP contribution >= 0.6 is 15.9 Å². The van der Waals surface area contributed by atoms with Gasteiger partial charge in [-0.3, -0.25) is 9.78 Å². The van der Waals surface area contributed by atoms with E-state index in [1.54, 1.807) is 6.20 Å². The summed E-state index contributed by atoms with van der Waals surface area (Å²) in [4.78, 5) is 18.0. The molecule has 0 spiro atoms. The quantitative estimate of drug-likeness (QED) is 0.799. The zero-order valence-electron chi connectivity index (χ0n) is 9.97. The molecule has 2 rings (SSSR count). The summed E-state index contributed by atoms with van der Waals surface area (Å²) in [5.74, 6) is 0.754. The van der Waals surface area contributed by atoms with Gasteiger partial charge in [0.1, 0.15) is 0 Å². The molecular weight excluding hydrogens is 280 g/mol. The second-order valence-corrected chi connectivity index (χ2v) is 5.33. The van der Waals surface area contributed by atoms with Crippen LogP contribution in [0.2, 0.25) is 0 Å². The van der Waals surface area contributed by atoms with Crippen molar-refractivity contribution in [1.29, 1.82) is 0 Å². The number of carbonyl (C=O) groups is 1. The van der Waals surface area contributed by atoms with Crippen LogP contribution in [0.3, 0.4) is 0 Å². The van der Waals surface area contributed by atoms with Crippen LogP contribution in [-0.2, 0) is 11.2 Å². The molecule has 1 saturated heterocycles. The number of carbonyl (C=O) groups excluding carboxylic acids is 1. The van der Waals surface area contributed by atoms with E-state index < -0.39 is 0 Å². The minimum Gasteiger partial charge on any atom is -0.339 e. The second kappa shape index (κ2) is 5.63. The van der Waals surface area contributed by atoms with Gasteiger partial charge < -0.3 is 4.90 Å². The summed E-state index contributed by atoms with van der Waals surface area (Å²) in [6, 6.07) is 4.26. The highest BCUT2D eigenvalue weighted by Crippen LogP contribution is 2.23. The first kappa shape index (κ1) is 12.6. The van der Waals surface area contributed by atoms with Crippen molar-refractivity contribution in [3.05, 3.63) is 30.1 Å². The predicted octanol–water partition coefficient (Wildman–Crippen LogP) is 2.26. The lowest BCUT2D eigenvalue weighted by Gasteiger charge is -2.24. The molecule has 1 fully saturated rings. The SMILES string of the molecule is CC(Cc1cccnc1)N1CC(CBr)CC1=O. The van der Waals surface area contributed by atoms with Gasteiger partial charge >= 0.3 is 0 Å². The molecule has 0 radical (unpaired) electrons. The topological polar surface area (TPSA) is 33.2 Å². The van der Waals surface area contributed by atoms with Gasteiger partial charge in [-0.1, -0.05) is 22.0 Å². The minimum atomic E-state index is 0.260. The average molecular weight is 297 g/mol. The van der Waals surface area contributed by atoms with E-state index in [9.17, 15) is 4.79 Å². The fraction of sp³-hybridized carbons (Fsp3) is 0.538. The Morgan fingerprint density at radius 1 is 1.65 bits per heavy atom. The molecule has 2 heterocycles. The third-order valence-corrected chi connectivity index (χ3v) is 4.16. The molecule has 2 unspecified atom stereocenters. The largest absolute Gasteiger partial charge is 0.339 e. The van der Waals surface area contributed by atoms with Crippen molar-refractivity contribution in [1.82, 2.24) is 9.88 Å². The number of hydrogen-bond acceptors (Lipinski definition) is 2. The second-order valence-electron chi connectivity index (χ2n) is 4.68. The molecule has 92 valence electrons. The molecule has 4 heteroatoms. The number of halogens is 1. The average Bonchev–Trinajstić information content (AvgIpc) is 2.72. The third-order valence-electron chi connectivity index (χ3n) is 3.24. The maximum atomic E-state index is 11.9. The van der Waals surface area contributed by atoms with Gasteiger partial charge in [-0.15, -0.1) is 0 Å². The molecule has 0 aliphatic carbocycles. The summed E-state index contributed by atoms with van der Waals surface area (Å²) in [6.07, 6.45) is 5.21. The standard InChI is InChI=1S/C13H17BrN2O/c1-10(5-11-3-2-4-15-8-11)16-9-12(7-14)6-13(16)17/h2-4,8,10,12H,5-7,9H2,1H3. The molecule has 17 heavy (non-hydrogen) atoms. The lowest BCUT2D eigenvalue weighted by molar-refractivity contribution is -0.129. The zero-order valence-corrected chi connectivity index (χ0v) is 11.6. The Hall–Kier alpha value is -0.900. The Balaban J connectivity index is 1.97. The molecule has 1 aliphatic heterocycles. The monoisotopic (exact) mass is 296 g/mol.